The zero-order chi connectivity index (χ0) is 32.2. The quantitative estimate of drug-likeness (QED) is 0.201. The van der Waals surface area contributed by atoms with Crippen LogP contribution in [0.25, 0.3) is 16.4 Å². The van der Waals surface area contributed by atoms with Gasteiger partial charge in [-0.1, -0.05) is 18.2 Å². The number of ether oxygens (including phenoxy) is 1. The number of halogens is 3. The molecule has 0 atom stereocenters. The fourth-order valence-electron chi connectivity index (χ4n) is 6.23. The van der Waals surface area contributed by atoms with Crippen LogP contribution in [0.4, 0.5) is 13.2 Å². The second-order valence-electron chi connectivity index (χ2n) is 12.5. The van der Waals surface area contributed by atoms with Crippen LogP contribution in [-0.4, -0.2) is 49.7 Å². The van der Waals surface area contributed by atoms with Crippen molar-refractivity contribution in [2.75, 3.05) is 13.1 Å². The number of carboxylic acids is 1. The zero-order valence-electron chi connectivity index (χ0n) is 25.2. The topological polar surface area (TPSA) is 97.6 Å². The Hall–Kier alpha value is -4.19. The van der Waals surface area contributed by atoms with Crippen molar-refractivity contribution in [2.24, 2.45) is 5.92 Å². The maximum absolute atomic E-state index is 13.9. The Bertz CT molecular complexity index is 1800. The normalized spacial score (nSPS) is 17.3. The first-order chi connectivity index (χ1) is 22.1. The number of amides is 1. The van der Waals surface area contributed by atoms with Crippen molar-refractivity contribution >= 4 is 23.2 Å². The third kappa shape index (κ3) is 6.14. The summed E-state index contributed by atoms with van der Waals surface area (Å²) in [5.74, 6) is 0.342. The average molecular weight is 651 g/mol. The van der Waals surface area contributed by atoms with Crippen LogP contribution in [0.2, 0.25) is 0 Å². The average Bonchev–Trinajstić information content (AvgIpc) is 3.98. The van der Waals surface area contributed by atoms with E-state index in [-0.39, 0.29) is 18.3 Å². The second-order valence-corrected chi connectivity index (χ2v) is 13.6. The molecule has 1 amide bonds. The number of carbonyl (C=O) groups excluding carboxylic acids is 1. The van der Waals surface area contributed by atoms with Crippen molar-refractivity contribution in [3.8, 4) is 22.1 Å². The summed E-state index contributed by atoms with van der Waals surface area (Å²) in [7, 11) is 0. The fraction of sp³-hybridized carbons (Fsp3) is 0.412. The number of nitrogens with zero attached hydrogens (tertiary/aromatic N) is 4. The summed E-state index contributed by atoms with van der Waals surface area (Å²) in [6, 6.07) is 13.1. The number of benzene rings is 1. The molecule has 3 aliphatic rings. The predicted molar refractivity (Wildman–Crippen MR) is 165 cm³/mol. The largest absolute Gasteiger partial charge is 0.489 e. The van der Waals surface area contributed by atoms with E-state index in [9.17, 15) is 27.9 Å². The number of thiophene rings is 1. The van der Waals surface area contributed by atoms with Crippen molar-refractivity contribution in [3.63, 3.8) is 0 Å². The molecule has 0 bridgehead atoms. The molecule has 1 N–H and O–H groups in total. The lowest BCUT2D eigenvalue weighted by molar-refractivity contribution is -0.143. The van der Waals surface area contributed by atoms with E-state index in [2.05, 4.69) is 28.3 Å². The van der Waals surface area contributed by atoms with Gasteiger partial charge in [0.2, 0.25) is 5.91 Å². The number of hydrogen-bond acceptors (Lipinski definition) is 6. The molecule has 4 heterocycles. The van der Waals surface area contributed by atoms with Gasteiger partial charge in [0.05, 0.1) is 16.8 Å². The number of alkyl halides is 3. The molecule has 12 heteroatoms. The van der Waals surface area contributed by atoms with Gasteiger partial charge in [-0.3, -0.25) is 4.79 Å². The summed E-state index contributed by atoms with van der Waals surface area (Å²) in [6.45, 7) is 3.88. The molecule has 240 valence electrons. The second kappa shape index (κ2) is 11.9. The lowest BCUT2D eigenvalue weighted by Crippen LogP contribution is -2.38. The predicted octanol–water partition coefficient (Wildman–Crippen LogP) is 7.59. The third-order valence-corrected chi connectivity index (χ3v) is 10.4. The summed E-state index contributed by atoms with van der Waals surface area (Å²) in [4.78, 5) is 32.5. The Morgan fingerprint density at radius 1 is 1.02 bits per heavy atom. The van der Waals surface area contributed by atoms with Gasteiger partial charge in [-0.2, -0.15) is 18.3 Å². The molecular weight excluding hydrogens is 617 g/mol. The van der Waals surface area contributed by atoms with E-state index in [0.29, 0.717) is 34.3 Å². The van der Waals surface area contributed by atoms with Crippen molar-refractivity contribution in [3.05, 3.63) is 81.5 Å². The van der Waals surface area contributed by atoms with E-state index < -0.39 is 23.4 Å². The highest BCUT2D eigenvalue weighted by molar-refractivity contribution is 7.15. The highest BCUT2D eigenvalue weighted by Gasteiger charge is 2.41. The molecular formula is C34H33F3N4O4S. The highest BCUT2D eigenvalue weighted by atomic mass is 32.1. The maximum Gasteiger partial charge on any atom is 0.434 e. The van der Waals surface area contributed by atoms with Gasteiger partial charge in [0, 0.05) is 29.4 Å². The molecule has 3 aromatic heterocycles. The van der Waals surface area contributed by atoms with E-state index in [1.165, 1.54) is 16.5 Å². The molecule has 3 fully saturated rings. The Balaban J connectivity index is 1.10. The van der Waals surface area contributed by atoms with Crippen LogP contribution in [-0.2, 0) is 17.6 Å². The highest BCUT2D eigenvalue weighted by Crippen LogP contribution is 2.47. The van der Waals surface area contributed by atoms with Gasteiger partial charge < -0.3 is 14.7 Å². The first-order valence-electron chi connectivity index (χ1n) is 15.6. The van der Waals surface area contributed by atoms with Gasteiger partial charge in [-0.05, 0) is 92.7 Å². The molecule has 1 aliphatic heterocycles. The third-order valence-electron chi connectivity index (χ3n) is 9.05. The fourth-order valence-corrected chi connectivity index (χ4v) is 7.53. The van der Waals surface area contributed by atoms with Crippen molar-refractivity contribution in [1.82, 2.24) is 19.7 Å². The van der Waals surface area contributed by atoms with Crippen molar-refractivity contribution < 1.29 is 32.6 Å². The number of pyridine rings is 1. The Morgan fingerprint density at radius 3 is 2.43 bits per heavy atom. The molecule has 2 saturated carbocycles. The standard InChI is InChI=1S/C34H33F3N4O4S/c1-19-15-23(20-11-13-40(14-12-20)32(42)22-7-8-22)9-10-27(19)45-18-24-16-28(21-5-6-21)46-30(24)26-3-2-4-29(39-26)41-31(34(35,36)37)25(17-38-41)33(43)44/h2-4,9-10,15-17,20-22H,5-8,11-14,18H2,1H3,(H,43,44). The van der Waals surface area contributed by atoms with E-state index in [0.717, 1.165) is 73.4 Å². The zero-order valence-corrected chi connectivity index (χ0v) is 26.0. The van der Waals surface area contributed by atoms with E-state index in [1.54, 1.807) is 23.5 Å². The minimum Gasteiger partial charge on any atom is -0.489 e. The first kappa shape index (κ1) is 30.5. The van der Waals surface area contributed by atoms with E-state index in [4.69, 9.17) is 4.74 Å². The van der Waals surface area contributed by atoms with Crippen LogP contribution in [0.15, 0.2) is 48.7 Å². The number of carboxylic acid groups (broad SMARTS) is 1. The number of piperidine rings is 1. The minimum atomic E-state index is -4.94. The molecule has 46 heavy (non-hydrogen) atoms. The molecule has 7 rings (SSSR count). The Morgan fingerprint density at radius 2 is 1.78 bits per heavy atom. The maximum atomic E-state index is 13.9. The lowest BCUT2D eigenvalue weighted by Gasteiger charge is -2.32. The minimum absolute atomic E-state index is 0.125. The van der Waals surface area contributed by atoms with Crippen LogP contribution in [0.3, 0.4) is 0 Å². The Labute approximate surface area is 267 Å². The molecule has 4 aromatic rings. The summed E-state index contributed by atoms with van der Waals surface area (Å²) in [5.41, 5.74) is 1.30. The number of aryl methyl sites for hydroxylation is 1. The number of likely N-dealkylation sites (tertiary alicyclic amines) is 1. The van der Waals surface area contributed by atoms with Crippen LogP contribution in [0.5, 0.6) is 5.75 Å². The van der Waals surface area contributed by atoms with Crippen molar-refractivity contribution in [2.45, 2.75) is 70.1 Å². The number of aromatic carboxylic acids is 1. The molecule has 1 aromatic carbocycles. The Kier molecular flexibility index (Phi) is 7.86. The lowest BCUT2D eigenvalue weighted by atomic mass is 9.88. The van der Waals surface area contributed by atoms with Gasteiger partial charge in [0.15, 0.2) is 11.5 Å². The summed E-state index contributed by atoms with van der Waals surface area (Å²) in [5, 5.41) is 13.1. The van der Waals surface area contributed by atoms with Crippen LogP contribution in [0.1, 0.15) is 88.0 Å². The molecule has 0 spiro atoms. The number of hydrogen-bond donors (Lipinski definition) is 1. The van der Waals surface area contributed by atoms with Crippen LogP contribution >= 0.6 is 11.3 Å². The molecule has 2 aliphatic carbocycles. The van der Waals surface area contributed by atoms with Gasteiger partial charge in [0.25, 0.3) is 0 Å². The van der Waals surface area contributed by atoms with E-state index in [1.807, 2.05) is 17.9 Å². The van der Waals surface area contributed by atoms with Gasteiger partial charge in [0.1, 0.15) is 17.9 Å². The first-order valence-corrected chi connectivity index (χ1v) is 16.4. The van der Waals surface area contributed by atoms with Gasteiger partial charge in [-0.25, -0.2) is 14.5 Å². The van der Waals surface area contributed by atoms with Crippen LogP contribution in [0, 0.1) is 12.8 Å². The van der Waals surface area contributed by atoms with E-state index >= 15 is 0 Å². The number of carbonyl (C=O) groups is 2. The summed E-state index contributed by atoms with van der Waals surface area (Å²) >= 11 is 1.56. The monoisotopic (exact) mass is 650 g/mol. The van der Waals surface area contributed by atoms with Crippen molar-refractivity contribution in [1.29, 1.82) is 0 Å². The SMILES string of the molecule is Cc1cc(C2CCN(C(=O)C3CC3)CC2)ccc1OCc1cc(C2CC2)sc1-c1cccc(-n2ncc(C(=O)O)c2C(F)(F)F)n1. The van der Waals surface area contributed by atoms with Crippen LogP contribution < -0.4 is 4.74 Å². The molecule has 0 unspecified atom stereocenters. The van der Waals surface area contributed by atoms with Gasteiger partial charge in [-0.15, -0.1) is 11.3 Å². The molecule has 1 saturated heterocycles. The number of rotatable bonds is 9. The number of aromatic nitrogens is 3. The molecule has 0 radical (unpaired) electrons. The van der Waals surface area contributed by atoms with Gasteiger partial charge >= 0.3 is 12.1 Å². The smallest absolute Gasteiger partial charge is 0.434 e. The molecule has 8 nitrogen and oxygen atoms in total. The summed E-state index contributed by atoms with van der Waals surface area (Å²) < 4.78 is 48.5. The summed E-state index contributed by atoms with van der Waals surface area (Å²) in [6.07, 6.45) is 1.88.